The Morgan fingerprint density at radius 3 is 2.38 bits per heavy atom. The third-order valence-electron chi connectivity index (χ3n) is 3.63. The Balaban J connectivity index is 1.74. The standard InChI is InChI=1S/C12H16O3S/c13-11(10-2-1-9-16-10)3-5-12(6-4-11)14-7-8-15-12/h1-2,9,13H,3-8H2. The quantitative estimate of drug-likeness (QED) is 0.818. The SMILES string of the molecule is OC1(c2cccs2)CCC2(CC1)OCCO2. The molecule has 0 amide bonds. The van der Waals surface area contributed by atoms with Crippen molar-refractivity contribution in [3.8, 4) is 0 Å². The summed E-state index contributed by atoms with van der Waals surface area (Å²) in [4.78, 5) is 1.07. The second-order valence-corrected chi connectivity index (χ2v) is 5.56. The number of hydrogen-bond donors (Lipinski definition) is 1. The fraction of sp³-hybridized carbons (Fsp3) is 0.667. The molecule has 4 heteroatoms. The molecule has 0 aromatic carbocycles. The van der Waals surface area contributed by atoms with E-state index in [0.717, 1.165) is 30.6 Å². The van der Waals surface area contributed by atoms with E-state index < -0.39 is 5.60 Å². The monoisotopic (exact) mass is 240 g/mol. The predicted octanol–water partition coefficient (Wildman–Crippen LogP) is 2.25. The maximum atomic E-state index is 10.6. The van der Waals surface area contributed by atoms with E-state index in [1.165, 1.54) is 0 Å². The molecule has 1 aliphatic heterocycles. The summed E-state index contributed by atoms with van der Waals surface area (Å²) >= 11 is 1.63. The van der Waals surface area contributed by atoms with Crippen LogP contribution in [0, 0.1) is 0 Å². The summed E-state index contributed by atoms with van der Waals surface area (Å²) in [5.41, 5.74) is -0.658. The largest absolute Gasteiger partial charge is 0.384 e. The van der Waals surface area contributed by atoms with E-state index in [-0.39, 0.29) is 5.79 Å². The third kappa shape index (κ3) is 1.70. The number of rotatable bonds is 1. The molecule has 3 rings (SSSR count). The Kier molecular flexibility index (Phi) is 2.55. The van der Waals surface area contributed by atoms with E-state index in [1.54, 1.807) is 11.3 Å². The van der Waals surface area contributed by atoms with Crippen molar-refractivity contribution in [2.45, 2.75) is 37.1 Å². The molecule has 0 radical (unpaired) electrons. The third-order valence-corrected chi connectivity index (χ3v) is 4.70. The molecule has 3 nitrogen and oxygen atoms in total. The summed E-state index contributed by atoms with van der Waals surface area (Å²) in [6, 6.07) is 4.00. The number of ether oxygens (including phenoxy) is 2. The summed E-state index contributed by atoms with van der Waals surface area (Å²) in [6.45, 7) is 1.38. The van der Waals surface area contributed by atoms with Gasteiger partial charge >= 0.3 is 0 Å². The van der Waals surface area contributed by atoms with Crippen LogP contribution in [0.1, 0.15) is 30.6 Å². The van der Waals surface area contributed by atoms with Crippen molar-refractivity contribution < 1.29 is 14.6 Å². The average molecular weight is 240 g/mol. The lowest BCUT2D eigenvalue weighted by Gasteiger charge is -2.40. The molecule has 88 valence electrons. The van der Waals surface area contributed by atoms with Crippen LogP contribution >= 0.6 is 11.3 Å². The lowest BCUT2D eigenvalue weighted by atomic mass is 9.80. The highest BCUT2D eigenvalue weighted by Gasteiger charge is 2.46. The number of hydrogen-bond acceptors (Lipinski definition) is 4. The smallest absolute Gasteiger partial charge is 0.168 e. The van der Waals surface area contributed by atoms with Gasteiger partial charge in [0.1, 0.15) is 0 Å². The zero-order valence-electron chi connectivity index (χ0n) is 9.15. The van der Waals surface area contributed by atoms with Crippen LogP contribution in [0.2, 0.25) is 0 Å². The zero-order chi connectivity index (χ0) is 11.1. The Labute approximate surface area is 99.0 Å². The van der Waals surface area contributed by atoms with Gasteiger partial charge < -0.3 is 14.6 Å². The van der Waals surface area contributed by atoms with Crippen molar-refractivity contribution in [2.24, 2.45) is 0 Å². The van der Waals surface area contributed by atoms with E-state index in [0.29, 0.717) is 13.2 Å². The van der Waals surface area contributed by atoms with Gasteiger partial charge in [-0.2, -0.15) is 0 Å². The second-order valence-electron chi connectivity index (χ2n) is 4.62. The molecule has 0 atom stereocenters. The van der Waals surface area contributed by atoms with E-state index in [9.17, 15) is 5.11 Å². The number of thiophene rings is 1. The molecule has 1 spiro atoms. The molecule has 1 saturated carbocycles. The molecule has 2 fully saturated rings. The maximum absolute atomic E-state index is 10.6. The van der Waals surface area contributed by atoms with E-state index >= 15 is 0 Å². The first-order valence-electron chi connectivity index (χ1n) is 5.77. The Morgan fingerprint density at radius 1 is 1.12 bits per heavy atom. The minimum absolute atomic E-state index is 0.385. The summed E-state index contributed by atoms with van der Waals surface area (Å²) in [5, 5.41) is 12.6. The molecule has 2 aliphatic rings. The summed E-state index contributed by atoms with van der Waals surface area (Å²) in [5.74, 6) is -0.385. The molecular weight excluding hydrogens is 224 g/mol. The van der Waals surface area contributed by atoms with Gasteiger partial charge in [-0.3, -0.25) is 0 Å². The first-order chi connectivity index (χ1) is 7.73. The minimum Gasteiger partial charge on any atom is -0.384 e. The van der Waals surface area contributed by atoms with Crippen molar-refractivity contribution in [3.05, 3.63) is 22.4 Å². The van der Waals surface area contributed by atoms with Crippen LogP contribution in [-0.4, -0.2) is 24.1 Å². The number of aliphatic hydroxyl groups is 1. The van der Waals surface area contributed by atoms with Gasteiger partial charge in [-0.1, -0.05) is 6.07 Å². The highest BCUT2D eigenvalue weighted by Crippen LogP contribution is 2.45. The fourth-order valence-corrected chi connectivity index (χ4v) is 3.50. The predicted molar refractivity (Wildman–Crippen MR) is 61.3 cm³/mol. The minimum atomic E-state index is -0.658. The van der Waals surface area contributed by atoms with Gasteiger partial charge in [0.15, 0.2) is 5.79 Å². The van der Waals surface area contributed by atoms with E-state index in [4.69, 9.17) is 9.47 Å². The summed E-state index contributed by atoms with van der Waals surface area (Å²) in [6.07, 6.45) is 3.05. The molecule has 16 heavy (non-hydrogen) atoms. The highest BCUT2D eigenvalue weighted by molar-refractivity contribution is 7.10. The van der Waals surface area contributed by atoms with Crippen LogP contribution in [0.5, 0.6) is 0 Å². The normalized spacial score (nSPS) is 27.3. The molecule has 1 N–H and O–H groups in total. The molecule has 1 aromatic rings. The molecule has 1 saturated heterocycles. The lowest BCUT2D eigenvalue weighted by Crippen LogP contribution is -2.41. The van der Waals surface area contributed by atoms with Gasteiger partial charge in [-0.25, -0.2) is 0 Å². The van der Waals surface area contributed by atoms with E-state index in [1.807, 2.05) is 17.5 Å². The van der Waals surface area contributed by atoms with Crippen molar-refractivity contribution >= 4 is 11.3 Å². The zero-order valence-corrected chi connectivity index (χ0v) is 9.96. The highest BCUT2D eigenvalue weighted by atomic mass is 32.1. The van der Waals surface area contributed by atoms with Crippen LogP contribution in [0.3, 0.4) is 0 Å². The van der Waals surface area contributed by atoms with Crippen LogP contribution in [0.4, 0.5) is 0 Å². The van der Waals surface area contributed by atoms with Gasteiger partial charge in [0.05, 0.1) is 18.8 Å². The Bertz CT molecular complexity index is 344. The molecule has 2 heterocycles. The van der Waals surface area contributed by atoms with Gasteiger partial charge in [-0.15, -0.1) is 11.3 Å². The van der Waals surface area contributed by atoms with E-state index in [2.05, 4.69) is 0 Å². The van der Waals surface area contributed by atoms with Crippen LogP contribution in [-0.2, 0) is 15.1 Å². The molecular formula is C12H16O3S. The van der Waals surface area contributed by atoms with Crippen molar-refractivity contribution in [1.82, 2.24) is 0 Å². The first-order valence-corrected chi connectivity index (χ1v) is 6.65. The molecule has 0 unspecified atom stereocenters. The topological polar surface area (TPSA) is 38.7 Å². The van der Waals surface area contributed by atoms with Crippen LogP contribution in [0.15, 0.2) is 17.5 Å². The summed E-state index contributed by atoms with van der Waals surface area (Å²) < 4.78 is 11.3. The molecule has 0 bridgehead atoms. The van der Waals surface area contributed by atoms with Crippen LogP contribution < -0.4 is 0 Å². The first kappa shape index (κ1) is 10.7. The van der Waals surface area contributed by atoms with Crippen LogP contribution in [0.25, 0.3) is 0 Å². The van der Waals surface area contributed by atoms with Gasteiger partial charge in [0.2, 0.25) is 0 Å². The average Bonchev–Trinajstić information content (AvgIpc) is 2.96. The summed E-state index contributed by atoms with van der Waals surface area (Å²) in [7, 11) is 0. The molecule has 1 aliphatic carbocycles. The second kappa shape index (κ2) is 3.81. The van der Waals surface area contributed by atoms with Crippen molar-refractivity contribution in [1.29, 1.82) is 0 Å². The maximum Gasteiger partial charge on any atom is 0.168 e. The van der Waals surface area contributed by atoms with Gasteiger partial charge in [0, 0.05) is 17.7 Å². The van der Waals surface area contributed by atoms with Crippen molar-refractivity contribution in [3.63, 3.8) is 0 Å². The van der Waals surface area contributed by atoms with Gasteiger partial charge in [-0.05, 0) is 24.3 Å². The Morgan fingerprint density at radius 2 is 1.81 bits per heavy atom. The van der Waals surface area contributed by atoms with Crippen molar-refractivity contribution in [2.75, 3.05) is 13.2 Å². The lowest BCUT2D eigenvalue weighted by molar-refractivity contribution is -0.203. The fourth-order valence-electron chi connectivity index (χ4n) is 2.62. The van der Waals surface area contributed by atoms with Gasteiger partial charge in [0.25, 0.3) is 0 Å². The Hall–Kier alpha value is -0.420. The molecule has 1 aromatic heterocycles.